The summed E-state index contributed by atoms with van der Waals surface area (Å²) in [5.74, 6) is -0.399. The lowest BCUT2D eigenvalue weighted by atomic mass is 9.94. The van der Waals surface area contributed by atoms with Crippen LogP contribution < -0.4 is 0 Å². The van der Waals surface area contributed by atoms with Gasteiger partial charge in [-0.1, -0.05) is 0 Å². The summed E-state index contributed by atoms with van der Waals surface area (Å²) in [4.78, 5) is 21.3. The van der Waals surface area contributed by atoms with Crippen LogP contribution in [0.5, 0.6) is 0 Å². The molecule has 2 heterocycles. The molecule has 0 atom stereocenters. The average Bonchev–Trinajstić information content (AvgIpc) is 2.30. The molecule has 2 rings (SSSR count). The van der Waals surface area contributed by atoms with E-state index in [1.165, 1.54) is 0 Å². The van der Waals surface area contributed by atoms with Crippen LogP contribution in [-0.2, 0) is 11.2 Å². The van der Waals surface area contributed by atoms with Gasteiger partial charge in [-0.25, -0.2) is 0 Å². The topological polar surface area (TPSA) is 66.3 Å². The molecule has 5 heteroatoms. The van der Waals surface area contributed by atoms with Gasteiger partial charge in [-0.05, 0) is 33.0 Å². The van der Waals surface area contributed by atoms with Gasteiger partial charge in [0.15, 0.2) is 0 Å². The molecule has 0 unspecified atom stereocenters. The zero-order valence-corrected chi connectivity index (χ0v) is 9.96. The summed E-state index contributed by atoms with van der Waals surface area (Å²) in [5, 5.41) is 8.64. The van der Waals surface area contributed by atoms with E-state index in [0.717, 1.165) is 31.6 Å². The Morgan fingerprint density at radius 1 is 1.41 bits per heavy atom. The summed E-state index contributed by atoms with van der Waals surface area (Å²) in [6.45, 7) is 2.17. The van der Waals surface area contributed by atoms with Crippen LogP contribution in [0.1, 0.15) is 30.1 Å². The van der Waals surface area contributed by atoms with Crippen LogP contribution in [0.4, 0.5) is 0 Å². The first-order valence-corrected chi connectivity index (χ1v) is 5.86. The summed E-state index contributed by atoms with van der Waals surface area (Å²) >= 11 is 0. The second-order valence-corrected chi connectivity index (χ2v) is 4.58. The highest BCUT2D eigenvalue weighted by Crippen LogP contribution is 2.25. The summed E-state index contributed by atoms with van der Waals surface area (Å²) in [6, 6.07) is 0. The number of carboxylic acid groups (broad SMARTS) is 1. The van der Waals surface area contributed by atoms with Gasteiger partial charge in [-0.3, -0.25) is 14.8 Å². The maximum absolute atomic E-state index is 10.5. The highest BCUT2D eigenvalue weighted by atomic mass is 16.4. The molecule has 0 radical (unpaired) electrons. The van der Waals surface area contributed by atoms with E-state index < -0.39 is 5.97 Å². The molecule has 1 aromatic rings. The van der Waals surface area contributed by atoms with Crippen molar-refractivity contribution in [3.05, 3.63) is 23.8 Å². The van der Waals surface area contributed by atoms with Crippen LogP contribution in [-0.4, -0.2) is 46.1 Å². The number of hydrogen-bond donors (Lipinski definition) is 1. The largest absolute Gasteiger partial charge is 0.481 e. The van der Waals surface area contributed by atoms with E-state index in [9.17, 15) is 4.79 Å². The number of aliphatic carboxylic acids is 1. The molecule has 0 spiro atoms. The van der Waals surface area contributed by atoms with Crippen LogP contribution in [0.2, 0.25) is 0 Å². The molecule has 17 heavy (non-hydrogen) atoms. The maximum atomic E-state index is 10.5. The fourth-order valence-corrected chi connectivity index (χ4v) is 2.13. The van der Waals surface area contributed by atoms with Crippen LogP contribution in [0, 0.1) is 0 Å². The Hall–Kier alpha value is -1.49. The molecule has 0 aliphatic carbocycles. The Balaban J connectivity index is 2.00. The first-order valence-electron chi connectivity index (χ1n) is 5.86. The molecule has 0 aromatic carbocycles. The van der Waals surface area contributed by atoms with Gasteiger partial charge < -0.3 is 10.0 Å². The second kappa shape index (κ2) is 5.23. The van der Waals surface area contributed by atoms with Crippen molar-refractivity contribution in [1.82, 2.24) is 14.9 Å². The number of piperidine rings is 1. The predicted molar refractivity (Wildman–Crippen MR) is 62.8 cm³/mol. The van der Waals surface area contributed by atoms with Gasteiger partial charge in [-0.2, -0.15) is 0 Å². The number of carbonyl (C=O) groups is 1. The SMILES string of the molecule is CN1CCC(c2cnc(CC(=O)O)cn2)CC1. The smallest absolute Gasteiger partial charge is 0.309 e. The fourth-order valence-electron chi connectivity index (χ4n) is 2.13. The third-order valence-electron chi connectivity index (χ3n) is 3.19. The van der Waals surface area contributed by atoms with E-state index in [4.69, 9.17) is 5.11 Å². The average molecular weight is 235 g/mol. The minimum absolute atomic E-state index is 0.0549. The van der Waals surface area contributed by atoms with Crippen molar-refractivity contribution in [2.45, 2.75) is 25.2 Å². The van der Waals surface area contributed by atoms with E-state index in [1.54, 1.807) is 12.4 Å². The van der Waals surface area contributed by atoms with Gasteiger partial charge in [0.05, 0.1) is 17.8 Å². The monoisotopic (exact) mass is 235 g/mol. The highest BCUT2D eigenvalue weighted by molar-refractivity contribution is 5.69. The van der Waals surface area contributed by atoms with Gasteiger partial charge in [0, 0.05) is 18.3 Å². The highest BCUT2D eigenvalue weighted by Gasteiger charge is 2.19. The van der Waals surface area contributed by atoms with Crippen molar-refractivity contribution < 1.29 is 9.90 Å². The number of aromatic nitrogens is 2. The van der Waals surface area contributed by atoms with Gasteiger partial charge in [-0.15, -0.1) is 0 Å². The lowest BCUT2D eigenvalue weighted by Gasteiger charge is -2.28. The molecule has 1 aliphatic heterocycles. The van der Waals surface area contributed by atoms with Crippen molar-refractivity contribution in [2.75, 3.05) is 20.1 Å². The van der Waals surface area contributed by atoms with Crippen LogP contribution >= 0.6 is 0 Å². The first kappa shape index (κ1) is 12.0. The Morgan fingerprint density at radius 3 is 2.65 bits per heavy atom. The summed E-state index contributed by atoms with van der Waals surface area (Å²) < 4.78 is 0. The minimum atomic E-state index is -0.869. The van der Waals surface area contributed by atoms with Gasteiger partial charge in [0.25, 0.3) is 0 Å². The van der Waals surface area contributed by atoms with Gasteiger partial charge >= 0.3 is 5.97 Å². The lowest BCUT2D eigenvalue weighted by Crippen LogP contribution is -2.29. The summed E-state index contributed by atoms with van der Waals surface area (Å²) in [5.41, 5.74) is 1.52. The number of carboxylic acids is 1. The molecule has 1 aromatic heterocycles. The molecular formula is C12H17N3O2. The molecule has 0 amide bonds. The lowest BCUT2D eigenvalue weighted by molar-refractivity contribution is -0.136. The maximum Gasteiger partial charge on any atom is 0.309 e. The van der Waals surface area contributed by atoms with Crippen molar-refractivity contribution in [3.8, 4) is 0 Å². The third kappa shape index (κ3) is 3.23. The molecule has 5 nitrogen and oxygen atoms in total. The van der Waals surface area contributed by atoms with E-state index >= 15 is 0 Å². The predicted octanol–water partition coefficient (Wildman–Crippen LogP) is 0.913. The number of likely N-dealkylation sites (tertiary alicyclic amines) is 1. The zero-order chi connectivity index (χ0) is 12.3. The normalized spacial score (nSPS) is 18.2. The Kier molecular flexibility index (Phi) is 3.68. The summed E-state index contributed by atoms with van der Waals surface area (Å²) in [7, 11) is 2.12. The van der Waals surface area contributed by atoms with E-state index in [2.05, 4.69) is 21.9 Å². The third-order valence-corrected chi connectivity index (χ3v) is 3.19. The van der Waals surface area contributed by atoms with Crippen LogP contribution in [0.3, 0.4) is 0 Å². The molecule has 1 fully saturated rings. The molecule has 1 saturated heterocycles. The standard InChI is InChI=1S/C12H17N3O2/c1-15-4-2-9(3-5-15)11-8-13-10(7-14-11)6-12(16)17/h7-9H,2-6H2,1H3,(H,16,17). The Bertz CT molecular complexity index is 383. The van der Waals surface area contributed by atoms with Crippen molar-refractivity contribution in [2.24, 2.45) is 0 Å². The molecular weight excluding hydrogens is 218 g/mol. The van der Waals surface area contributed by atoms with Crippen molar-refractivity contribution in [1.29, 1.82) is 0 Å². The molecule has 1 N–H and O–H groups in total. The quantitative estimate of drug-likeness (QED) is 0.843. The van der Waals surface area contributed by atoms with E-state index in [-0.39, 0.29) is 6.42 Å². The van der Waals surface area contributed by atoms with Crippen LogP contribution in [0.15, 0.2) is 12.4 Å². The number of hydrogen-bond acceptors (Lipinski definition) is 4. The molecule has 0 saturated carbocycles. The van der Waals surface area contributed by atoms with Crippen molar-refractivity contribution in [3.63, 3.8) is 0 Å². The number of nitrogens with zero attached hydrogens (tertiary/aromatic N) is 3. The second-order valence-electron chi connectivity index (χ2n) is 4.58. The van der Waals surface area contributed by atoms with Crippen LogP contribution in [0.25, 0.3) is 0 Å². The molecule has 1 aliphatic rings. The van der Waals surface area contributed by atoms with Gasteiger partial charge in [0.2, 0.25) is 0 Å². The Labute approximate surface area is 100 Å². The molecule has 0 bridgehead atoms. The summed E-state index contributed by atoms with van der Waals surface area (Å²) in [6.07, 6.45) is 5.46. The Morgan fingerprint density at radius 2 is 2.12 bits per heavy atom. The van der Waals surface area contributed by atoms with Crippen molar-refractivity contribution >= 4 is 5.97 Å². The van der Waals surface area contributed by atoms with E-state index in [0.29, 0.717) is 11.6 Å². The fraction of sp³-hybridized carbons (Fsp3) is 0.583. The number of rotatable bonds is 3. The zero-order valence-electron chi connectivity index (χ0n) is 9.96. The van der Waals surface area contributed by atoms with E-state index in [1.807, 2.05) is 0 Å². The molecule has 92 valence electrons. The van der Waals surface area contributed by atoms with Gasteiger partial charge in [0.1, 0.15) is 0 Å². The first-order chi connectivity index (χ1) is 8.15. The minimum Gasteiger partial charge on any atom is -0.481 e.